The number of nitrogens with one attached hydrogen (secondary N) is 1. The van der Waals surface area contributed by atoms with E-state index in [1.807, 2.05) is 45.0 Å². The van der Waals surface area contributed by atoms with Crippen LogP contribution < -0.4 is 5.32 Å². The van der Waals surface area contributed by atoms with Gasteiger partial charge in [0.15, 0.2) is 0 Å². The van der Waals surface area contributed by atoms with E-state index in [1.54, 1.807) is 4.68 Å². The molecule has 2 N–H and O–H groups in total. The molecule has 0 atom stereocenters. The first-order chi connectivity index (χ1) is 9.02. The number of carbonyl (C=O) groups excluding carboxylic acids is 1. The third kappa shape index (κ3) is 2.66. The van der Waals surface area contributed by atoms with Gasteiger partial charge in [0.2, 0.25) is 5.91 Å². The van der Waals surface area contributed by atoms with E-state index >= 15 is 0 Å². The minimum Gasteiger partial charge on any atom is -0.387 e. The van der Waals surface area contributed by atoms with Gasteiger partial charge in [-0.3, -0.25) is 4.79 Å². The maximum atomic E-state index is 11.3. The summed E-state index contributed by atoms with van der Waals surface area (Å²) in [5.41, 5.74) is 4.33. The first-order valence-corrected chi connectivity index (χ1v) is 6.07. The molecule has 0 radical (unpaired) electrons. The lowest BCUT2D eigenvalue weighted by Crippen LogP contribution is -2.16. The lowest BCUT2D eigenvalue weighted by Gasteiger charge is -2.06. The second-order valence-electron chi connectivity index (χ2n) is 4.50. The molecule has 0 unspecified atom stereocenters. The molecule has 0 saturated heterocycles. The summed E-state index contributed by atoms with van der Waals surface area (Å²) in [5, 5.41) is 15.9. The second kappa shape index (κ2) is 5.24. The van der Waals surface area contributed by atoms with E-state index in [1.165, 1.54) is 5.56 Å². The van der Waals surface area contributed by atoms with Gasteiger partial charge in [0.1, 0.15) is 6.61 Å². The summed E-state index contributed by atoms with van der Waals surface area (Å²) in [7, 11) is 0. The number of aliphatic hydroxyl groups is 1. The van der Waals surface area contributed by atoms with Crippen LogP contribution >= 0.6 is 0 Å². The Morgan fingerprint density at radius 2 is 1.89 bits per heavy atom. The van der Waals surface area contributed by atoms with Gasteiger partial charge < -0.3 is 10.4 Å². The number of anilines is 1. The normalized spacial score (nSPS) is 10.5. The molecule has 19 heavy (non-hydrogen) atoms. The number of carbonyl (C=O) groups is 1. The van der Waals surface area contributed by atoms with Crippen LogP contribution in [0.5, 0.6) is 0 Å². The third-order valence-electron chi connectivity index (χ3n) is 2.98. The number of benzene rings is 1. The molecule has 100 valence electrons. The fourth-order valence-corrected chi connectivity index (χ4v) is 1.94. The Bertz CT molecular complexity index is 600. The van der Waals surface area contributed by atoms with Gasteiger partial charge in [0, 0.05) is 0 Å². The van der Waals surface area contributed by atoms with Gasteiger partial charge in [-0.25, -0.2) is 4.68 Å². The molecule has 0 spiro atoms. The molecule has 1 amide bonds. The maximum Gasteiger partial charge on any atom is 0.250 e. The van der Waals surface area contributed by atoms with Crippen molar-refractivity contribution >= 4 is 11.6 Å². The lowest BCUT2D eigenvalue weighted by atomic mass is 10.2. The number of amides is 1. The number of hydrogen-bond acceptors (Lipinski definition) is 3. The van der Waals surface area contributed by atoms with Crippen molar-refractivity contribution in [2.24, 2.45) is 0 Å². The van der Waals surface area contributed by atoms with E-state index in [2.05, 4.69) is 10.4 Å². The zero-order valence-corrected chi connectivity index (χ0v) is 11.3. The van der Waals surface area contributed by atoms with E-state index in [-0.39, 0.29) is 0 Å². The first-order valence-electron chi connectivity index (χ1n) is 6.07. The fourth-order valence-electron chi connectivity index (χ4n) is 1.94. The SMILES string of the molecule is Cc1ccc(-n2nc(C)c(NC(=O)CO)c2C)cc1. The van der Waals surface area contributed by atoms with Crippen molar-refractivity contribution in [1.82, 2.24) is 9.78 Å². The van der Waals surface area contributed by atoms with Crippen molar-refractivity contribution < 1.29 is 9.90 Å². The molecule has 0 bridgehead atoms. The van der Waals surface area contributed by atoms with Gasteiger partial charge in [-0.2, -0.15) is 5.10 Å². The molecule has 1 aromatic carbocycles. The van der Waals surface area contributed by atoms with Crippen molar-refractivity contribution in [1.29, 1.82) is 0 Å². The van der Waals surface area contributed by atoms with Crippen LogP contribution in [0.25, 0.3) is 5.69 Å². The highest BCUT2D eigenvalue weighted by Gasteiger charge is 2.14. The Morgan fingerprint density at radius 1 is 1.26 bits per heavy atom. The minimum atomic E-state index is -0.533. The number of aromatic nitrogens is 2. The van der Waals surface area contributed by atoms with E-state index in [0.717, 1.165) is 17.1 Å². The van der Waals surface area contributed by atoms with Crippen molar-refractivity contribution in [2.75, 3.05) is 11.9 Å². The Morgan fingerprint density at radius 3 is 2.47 bits per heavy atom. The number of aryl methyl sites for hydroxylation is 2. The van der Waals surface area contributed by atoms with Crippen LogP contribution in [0.3, 0.4) is 0 Å². The van der Waals surface area contributed by atoms with Crippen molar-refractivity contribution in [3.05, 3.63) is 41.2 Å². The predicted octanol–water partition coefficient (Wildman–Crippen LogP) is 1.73. The number of nitrogens with zero attached hydrogens (tertiary/aromatic N) is 2. The molecule has 2 rings (SSSR count). The summed E-state index contributed by atoms with van der Waals surface area (Å²) in [5.74, 6) is -0.436. The number of aliphatic hydroxyl groups excluding tert-OH is 1. The van der Waals surface area contributed by atoms with Gasteiger partial charge >= 0.3 is 0 Å². The predicted molar refractivity (Wildman–Crippen MR) is 73.5 cm³/mol. The second-order valence-corrected chi connectivity index (χ2v) is 4.50. The topological polar surface area (TPSA) is 67.2 Å². The van der Waals surface area contributed by atoms with Crippen LogP contribution in [-0.4, -0.2) is 27.4 Å². The molecule has 5 heteroatoms. The lowest BCUT2D eigenvalue weighted by molar-refractivity contribution is -0.118. The van der Waals surface area contributed by atoms with Gasteiger partial charge in [-0.05, 0) is 32.9 Å². The van der Waals surface area contributed by atoms with E-state index < -0.39 is 12.5 Å². The zero-order chi connectivity index (χ0) is 14.0. The highest BCUT2D eigenvalue weighted by molar-refractivity contribution is 5.92. The minimum absolute atomic E-state index is 0.436. The van der Waals surface area contributed by atoms with Crippen molar-refractivity contribution in [3.8, 4) is 5.69 Å². The van der Waals surface area contributed by atoms with Gasteiger partial charge in [-0.1, -0.05) is 17.7 Å². The van der Waals surface area contributed by atoms with Crippen molar-refractivity contribution in [3.63, 3.8) is 0 Å². The molecular weight excluding hydrogens is 242 g/mol. The van der Waals surface area contributed by atoms with Crippen LogP contribution in [0.4, 0.5) is 5.69 Å². The third-order valence-corrected chi connectivity index (χ3v) is 2.98. The highest BCUT2D eigenvalue weighted by atomic mass is 16.3. The Kier molecular flexibility index (Phi) is 3.66. The van der Waals surface area contributed by atoms with E-state index in [4.69, 9.17) is 5.11 Å². The first kappa shape index (κ1) is 13.3. The molecular formula is C14H17N3O2. The van der Waals surface area contributed by atoms with Crippen LogP contribution in [0, 0.1) is 20.8 Å². The van der Waals surface area contributed by atoms with E-state index in [0.29, 0.717) is 5.69 Å². The van der Waals surface area contributed by atoms with Crippen LogP contribution in [0.15, 0.2) is 24.3 Å². The summed E-state index contributed by atoms with van der Waals surface area (Å²) in [6, 6.07) is 7.98. The fraction of sp³-hybridized carbons (Fsp3) is 0.286. The molecule has 1 aromatic heterocycles. The van der Waals surface area contributed by atoms with Crippen LogP contribution in [0.2, 0.25) is 0 Å². The molecule has 0 aliphatic carbocycles. The van der Waals surface area contributed by atoms with Gasteiger partial charge in [0.05, 0.1) is 22.8 Å². The molecule has 2 aromatic rings. The molecule has 0 aliphatic rings. The molecule has 0 aliphatic heterocycles. The smallest absolute Gasteiger partial charge is 0.250 e. The highest BCUT2D eigenvalue weighted by Crippen LogP contribution is 2.22. The van der Waals surface area contributed by atoms with Crippen LogP contribution in [-0.2, 0) is 4.79 Å². The van der Waals surface area contributed by atoms with Crippen LogP contribution in [0.1, 0.15) is 17.0 Å². The Hall–Kier alpha value is -2.14. The summed E-state index contributed by atoms with van der Waals surface area (Å²) >= 11 is 0. The summed E-state index contributed by atoms with van der Waals surface area (Å²) < 4.78 is 1.78. The average Bonchev–Trinajstić information content (AvgIpc) is 2.67. The molecule has 0 fully saturated rings. The Labute approximate surface area is 111 Å². The van der Waals surface area contributed by atoms with E-state index in [9.17, 15) is 4.79 Å². The molecule has 0 saturated carbocycles. The standard InChI is InChI=1S/C14H17N3O2/c1-9-4-6-12(7-5-9)17-11(3)14(10(2)16-17)15-13(19)8-18/h4-7,18H,8H2,1-3H3,(H,15,19). The zero-order valence-electron chi connectivity index (χ0n) is 11.3. The summed E-state index contributed by atoms with van der Waals surface area (Å²) in [6.45, 7) is 5.20. The Balaban J connectivity index is 2.40. The summed E-state index contributed by atoms with van der Waals surface area (Å²) in [6.07, 6.45) is 0. The van der Waals surface area contributed by atoms with Gasteiger partial charge in [0.25, 0.3) is 0 Å². The van der Waals surface area contributed by atoms with Gasteiger partial charge in [-0.15, -0.1) is 0 Å². The molecule has 5 nitrogen and oxygen atoms in total. The average molecular weight is 259 g/mol. The molecule has 1 heterocycles. The largest absolute Gasteiger partial charge is 0.387 e. The maximum absolute atomic E-state index is 11.3. The quantitative estimate of drug-likeness (QED) is 0.882. The summed E-state index contributed by atoms with van der Waals surface area (Å²) in [4.78, 5) is 11.3. The number of hydrogen-bond donors (Lipinski definition) is 2. The van der Waals surface area contributed by atoms with Crippen molar-refractivity contribution in [2.45, 2.75) is 20.8 Å². The monoisotopic (exact) mass is 259 g/mol. The number of rotatable bonds is 3.